The van der Waals surface area contributed by atoms with E-state index in [2.05, 4.69) is 9.51 Å². The zero-order valence-electron chi connectivity index (χ0n) is 17.8. The predicted molar refractivity (Wildman–Crippen MR) is 96.1 cm³/mol. The van der Waals surface area contributed by atoms with Gasteiger partial charge in [0.1, 0.15) is 18.4 Å². The standard InChI is InChI=1S/C15H23N2O12P.Na.H/c1-7-4-17(14(22)16-13(7)21)12-2-8(19)11(27-12)6-26-30(24,25)29-15(23)3-9(20)10(5-18)28-15;;/h4,8-12,18-20,23H,2-3,5-6H2,1H3,(H,24,25)(H,16,21,22);;/q;+1;-1/t8-,9-,10+,11+,12+,15-;;/m0../s1. The van der Waals surface area contributed by atoms with E-state index in [4.69, 9.17) is 19.1 Å². The maximum Gasteiger partial charge on any atom is 1.00 e. The van der Waals surface area contributed by atoms with E-state index in [1.54, 1.807) is 0 Å². The zero-order valence-corrected chi connectivity index (χ0v) is 19.7. The third kappa shape index (κ3) is 6.32. The summed E-state index contributed by atoms with van der Waals surface area (Å²) in [5.41, 5.74) is -1.07. The fourth-order valence-corrected chi connectivity index (χ4v) is 4.05. The molecule has 2 aliphatic rings. The topological polar surface area (TPSA) is 210 Å². The van der Waals surface area contributed by atoms with Crippen molar-refractivity contribution in [3.63, 3.8) is 0 Å². The van der Waals surface area contributed by atoms with Gasteiger partial charge in [-0.2, -0.15) is 0 Å². The number of aromatic nitrogens is 2. The van der Waals surface area contributed by atoms with Crippen LogP contribution in [0.2, 0.25) is 0 Å². The van der Waals surface area contributed by atoms with Crippen molar-refractivity contribution in [3.8, 4) is 0 Å². The van der Waals surface area contributed by atoms with Crippen LogP contribution in [0.3, 0.4) is 0 Å². The molecule has 3 rings (SSSR count). The number of H-pyrrole nitrogens is 1. The smallest absolute Gasteiger partial charge is 1.00 e. The van der Waals surface area contributed by atoms with Crippen LogP contribution in [0.1, 0.15) is 26.1 Å². The van der Waals surface area contributed by atoms with E-state index in [0.717, 1.165) is 4.57 Å². The van der Waals surface area contributed by atoms with Crippen LogP contribution >= 0.6 is 7.82 Å². The molecule has 0 spiro atoms. The van der Waals surface area contributed by atoms with Crippen LogP contribution in [-0.2, 0) is 23.1 Å². The Kier molecular flexibility index (Phi) is 8.83. The minimum atomic E-state index is -4.94. The number of phosphoric ester groups is 1. The molecule has 3 heterocycles. The van der Waals surface area contributed by atoms with E-state index < -0.39 is 75.3 Å². The molecular formula is C15H24N2NaO12P. The minimum Gasteiger partial charge on any atom is -1.00 e. The number of aliphatic hydroxyl groups is 4. The van der Waals surface area contributed by atoms with E-state index >= 15 is 0 Å². The molecule has 1 aromatic heterocycles. The van der Waals surface area contributed by atoms with Gasteiger partial charge in [0, 0.05) is 18.2 Å². The molecule has 2 saturated heterocycles. The molecule has 172 valence electrons. The van der Waals surface area contributed by atoms with Gasteiger partial charge in [-0.1, -0.05) is 0 Å². The summed E-state index contributed by atoms with van der Waals surface area (Å²) in [4.78, 5) is 35.3. The number of hydrogen-bond donors (Lipinski definition) is 6. The Hall–Kier alpha value is -0.450. The molecule has 2 fully saturated rings. The van der Waals surface area contributed by atoms with Gasteiger partial charge in [-0.15, -0.1) is 0 Å². The molecule has 1 aromatic rings. The van der Waals surface area contributed by atoms with E-state index in [-0.39, 0.29) is 43.0 Å². The van der Waals surface area contributed by atoms with Gasteiger partial charge in [0.05, 0.1) is 31.8 Å². The quantitative estimate of drug-likeness (QED) is 0.123. The van der Waals surface area contributed by atoms with Crippen molar-refractivity contribution in [2.75, 3.05) is 13.2 Å². The largest absolute Gasteiger partial charge is 1.00 e. The van der Waals surface area contributed by atoms with Crippen LogP contribution in [-0.4, -0.2) is 78.5 Å². The second-order valence-corrected chi connectivity index (χ2v) is 8.47. The summed E-state index contributed by atoms with van der Waals surface area (Å²) in [5, 5.41) is 38.8. The number of ether oxygens (including phenoxy) is 2. The van der Waals surface area contributed by atoms with Gasteiger partial charge in [0.25, 0.3) is 11.5 Å². The minimum absolute atomic E-state index is 0. The third-order valence-corrected chi connectivity index (χ3v) is 5.72. The summed E-state index contributed by atoms with van der Waals surface area (Å²) in [5.74, 6) is -2.66. The SMILES string of the molecule is Cc1cn([C@H]2C[C@H](O)[C@@H](COP(=O)(O)O[C@]3(O)C[C@H](O)[C@@H](CO)O3)O2)c(=O)[nH]c1=O.[H-].[Na+]. The maximum absolute atomic E-state index is 12.1. The number of aliphatic hydroxyl groups excluding tert-OH is 3. The first-order valence-electron chi connectivity index (χ1n) is 8.96. The van der Waals surface area contributed by atoms with Crippen molar-refractivity contribution in [1.29, 1.82) is 0 Å². The molecule has 0 amide bonds. The maximum atomic E-state index is 12.1. The van der Waals surface area contributed by atoms with Gasteiger partial charge in [-0.05, 0) is 6.92 Å². The molecule has 16 heteroatoms. The van der Waals surface area contributed by atoms with Crippen LogP contribution in [0.4, 0.5) is 0 Å². The molecule has 0 radical (unpaired) electrons. The summed E-state index contributed by atoms with van der Waals surface area (Å²) >= 11 is 0. The normalized spacial score (nSPS) is 35.0. The third-order valence-electron chi connectivity index (χ3n) is 4.73. The second-order valence-electron chi connectivity index (χ2n) is 7.09. The van der Waals surface area contributed by atoms with Crippen LogP contribution in [0.5, 0.6) is 0 Å². The first kappa shape index (κ1) is 26.8. The molecule has 1 unspecified atom stereocenters. The van der Waals surface area contributed by atoms with E-state index in [1.807, 2.05) is 0 Å². The summed E-state index contributed by atoms with van der Waals surface area (Å²) in [6, 6.07) is 0. The van der Waals surface area contributed by atoms with Gasteiger partial charge in [-0.25, -0.2) is 13.9 Å². The average Bonchev–Trinajstić information content (AvgIpc) is 3.14. The van der Waals surface area contributed by atoms with Crippen LogP contribution in [0, 0.1) is 6.92 Å². The fourth-order valence-electron chi connectivity index (χ4n) is 3.19. The first-order chi connectivity index (χ1) is 13.9. The average molecular weight is 478 g/mol. The van der Waals surface area contributed by atoms with Crippen molar-refractivity contribution in [2.45, 2.75) is 56.4 Å². The number of nitrogens with zero attached hydrogens (tertiary/aromatic N) is 1. The monoisotopic (exact) mass is 478 g/mol. The Bertz CT molecular complexity index is 946. The first-order valence-corrected chi connectivity index (χ1v) is 10.5. The molecule has 31 heavy (non-hydrogen) atoms. The fraction of sp³-hybridized carbons (Fsp3) is 0.733. The molecule has 0 saturated carbocycles. The molecule has 7 atom stereocenters. The molecule has 0 aromatic carbocycles. The van der Waals surface area contributed by atoms with Crippen molar-refractivity contribution < 1.29 is 79.4 Å². The Balaban J connectivity index is 0.00000256. The van der Waals surface area contributed by atoms with Gasteiger partial charge in [0.15, 0.2) is 0 Å². The Morgan fingerprint density at radius 3 is 2.65 bits per heavy atom. The Morgan fingerprint density at radius 1 is 1.35 bits per heavy atom. The number of rotatable bonds is 7. The number of aryl methyl sites for hydroxylation is 1. The number of aromatic amines is 1. The second kappa shape index (κ2) is 10.2. The van der Waals surface area contributed by atoms with E-state index in [1.165, 1.54) is 13.1 Å². The summed E-state index contributed by atoms with van der Waals surface area (Å²) in [7, 11) is -4.94. The molecule has 0 bridgehead atoms. The van der Waals surface area contributed by atoms with Gasteiger partial charge < -0.3 is 36.2 Å². The van der Waals surface area contributed by atoms with Crippen molar-refractivity contribution in [2.24, 2.45) is 0 Å². The van der Waals surface area contributed by atoms with Gasteiger partial charge in [-0.3, -0.25) is 18.9 Å². The molecule has 6 N–H and O–H groups in total. The molecular weight excluding hydrogens is 454 g/mol. The number of hydrogen-bond acceptors (Lipinski definition) is 11. The van der Waals surface area contributed by atoms with Crippen molar-refractivity contribution in [3.05, 3.63) is 32.6 Å². The predicted octanol–water partition coefficient (Wildman–Crippen LogP) is -5.47. The van der Waals surface area contributed by atoms with Crippen molar-refractivity contribution in [1.82, 2.24) is 9.55 Å². The Labute approximate surface area is 198 Å². The summed E-state index contributed by atoms with van der Waals surface area (Å²) < 4.78 is 32.8. The van der Waals surface area contributed by atoms with Crippen LogP contribution in [0.15, 0.2) is 15.8 Å². The molecule has 0 aliphatic carbocycles. The van der Waals surface area contributed by atoms with Gasteiger partial charge in [0.2, 0.25) is 0 Å². The van der Waals surface area contributed by atoms with Crippen LogP contribution in [0.25, 0.3) is 0 Å². The molecule has 2 aliphatic heterocycles. The summed E-state index contributed by atoms with van der Waals surface area (Å²) in [6.45, 7) is 0.176. The van der Waals surface area contributed by atoms with E-state index in [9.17, 15) is 34.4 Å². The zero-order chi connectivity index (χ0) is 22.3. The molecule has 14 nitrogen and oxygen atoms in total. The summed E-state index contributed by atoms with van der Waals surface area (Å²) in [6.07, 6.45) is -5.22. The van der Waals surface area contributed by atoms with Crippen molar-refractivity contribution >= 4 is 7.82 Å². The van der Waals surface area contributed by atoms with Crippen LogP contribution < -0.4 is 40.8 Å². The number of nitrogens with one attached hydrogen (secondary N) is 1. The van der Waals surface area contributed by atoms with E-state index in [0.29, 0.717) is 0 Å². The Morgan fingerprint density at radius 2 is 2.03 bits per heavy atom. The number of phosphoric acid groups is 1. The van der Waals surface area contributed by atoms with Gasteiger partial charge >= 0.3 is 43.1 Å².